The Morgan fingerprint density at radius 1 is 0.260 bits per heavy atom. The van der Waals surface area contributed by atoms with Gasteiger partial charge in [0.25, 0.3) is 0 Å². The molecular weight excluding hydrogens is 1260 g/mol. The van der Waals surface area contributed by atoms with Crippen LogP contribution in [-0.2, 0) is 65.4 Å². The minimum Gasteiger partial charge on any atom is -0.462 e. The molecule has 3 N–H and O–H groups in total. The molecule has 17 nitrogen and oxygen atoms in total. The Bertz CT molecular complexity index is 1880. The second-order valence-electron chi connectivity index (χ2n) is 29.7. The van der Waals surface area contributed by atoms with E-state index < -0.39 is 97.5 Å². The molecule has 0 aliphatic carbocycles. The SMILES string of the molecule is CC(C)CCCCCCCCCCCCCCCCCCCCC(=O)O[C@H](COC(=O)CCCCCCCCC(C)C)COP(=O)(O)OCC(O)COP(=O)(O)OC[C@@H](COC(=O)CCCCCCCCCCCCCCCC(C)C)OC(=O)CCCCCCCCCC(C)C. The van der Waals surface area contributed by atoms with Crippen molar-refractivity contribution in [2.24, 2.45) is 23.7 Å². The predicted molar refractivity (Wildman–Crippen MR) is 391 cm³/mol. The van der Waals surface area contributed by atoms with E-state index >= 15 is 0 Å². The zero-order valence-electron chi connectivity index (χ0n) is 63.0. The average Bonchev–Trinajstić information content (AvgIpc) is 1.73. The molecule has 0 rings (SSSR count). The van der Waals surface area contributed by atoms with Crippen LogP contribution in [0.25, 0.3) is 0 Å². The van der Waals surface area contributed by atoms with Gasteiger partial charge in [0.2, 0.25) is 0 Å². The Labute approximate surface area is 588 Å². The van der Waals surface area contributed by atoms with Crippen molar-refractivity contribution < 1.29 is 80.2 Å². The molecule has 0 aromatic heterocycles. The largest absolute Gasteiger partial charge is 0.472 e. The van der Waals surface area contributed by atoms with Gasteiger partial charge in [-0.15, -0.1) is 0 Å². The number of esters is 4. The molecule has 0 amide bonds. The van der Waals surface area contributed by atoms with E-state index in [9.17, 15) is 43.2 Å². The highest BCUT2D eigenvalue weighted by Gasteiger charge is 2.30. The lowest BCUT2D eigenvalue weighted by Gasteiger charge is -2.21. The Hall–Kier alpha value is -1.94. The second kappa shape index (κ2) is 66.3. The lowest BCUT2D eigenvalue weighted by molar-refractivity contribution is -0.161. The number of carbonyl (C=O) groups is 4. The van der Waals surface area contributed by atoms with E-state index in [1.165, 1.54) is 186 Å². The number of unbranched alkanes of at least 4 members (excludes halogenated alkanes) is 40. The van der Waals surface area contributed by atoms with Crippen LogP contribution >= 0.6 is 15.6 Å². The molecule has 0 radical (unpaired) electrons. The standard InChI is InChI=1S/C77H150O17P2/c1-67(2)53-45-37-29-24-20-16-13-11-9-10-12-14-18-23-27-33-43-51-59-76(81)93-73(64-88-75(80)58-50-42-36-35-40-48-56-70(7)8)66-92-96(85,86)90-62-71(78)61-89-95(83,84)91-65-72(94-77(82)60-52-44-34-28-31-39-47-55-69(5)6)63-87-74(79)57-49-41-32-26-22-19-15-17-21-25-30-38-46-54-68(3)4/h67-73,78H,9-66H2,1-8H3,(H,83,84)(H,85,86)/t71?,72-,73-/m1/s1. The van der Waals surface area contributed by atoms with Crippen molar-refractivity contribution in [2.45, 2.75) is 408 Å². The molecule has 0 heterocycles. The summed E-state index contributed by atoms with van der Waals surface area (Å²) < 4.78 is 68.5. The summed E-state index contributed by atoms with van der Waals surface area (Å²) >= 11 is 0. The highest BCUT2D eigenvalue weighted by molar-refractivity contribution is 7.47. The number of rotatable bonds is 74. The third kappa shape index (κ3) is 70.5. The van der Waals surface area contributed by atoms with E-state index in [1.54, 1.807) is 0 Å². The van der Waals surface area contributed by atoms with Crippen LogP contribution < -0.4 is 0 Å². The van der Waals surface area contributed by atoms with E-state index in [-0.39, 0.29) is 25.7 Å². The van der Waals surface area contributed by atoms with Crippen LogP contribution in [0, 0.1) is 23.7 Å². The summed E-state index contributed by atoms with van der Waals surface area (Å²) in [4.78, 5) is 72.7. The lowest BCUT2D eigenvalue weighted by Crippen LogP contribution is -2.30. The fourth-order valence-corrected chi connectivity index (χ4v) is 13.3. The molecule has 3 unspecified atom stereocenters. The molecule has 96 heavy (non-hydrogen) atoms. The number of carbonyl (C=O) groups excluding carboxylic acids is 4. The number of phosphoric ester groups is 2. The molecule has 0 aromatic rings. The maximum absolute atomic E-state index is 13.1. The van der Waals surface area contributed by atoms with Crippen LogP contribution in [0.3, 0.4) is 0 Å². The third-order valence-corrected chi connectivity index (χ3v) is 19.7. The normalized spacial score (nSPS) is 14.1. The molecule has 19 heteroatoms. The van der Waals surface area contributed by atoms with E-state index in [0.29, 0.717) is 37.5 Å². The summed E-state index contributed by atoms with van der Waals surface area (Å²) in [7, 11) is -9.91. The first-order chi connectivity index (χ1) is 46.1. The zero-order chi connectivity index (χ0) is 71.0. The molecule has 0 bridgehead atoms. The fourth-order valence-electron chi connectivity index (χ4n) is 11.7. The number of aliphatic hydroxyl groups excluding tert-OH is 1. The number of phosphoric acid groups is 2. The van der Waals surface area contributed by atoms with Gasteiger partial charge in [-0.2, -0.15) is 0 Å². The third-order valence-electron chi connectivity index (χ3n) is 17.8. The van der Waals surface area contributed by atoms with Gasteiger partial charge in [-0.25, -0.2) is 9.13 Å². The average molecular weight is 1410 g/mol. The van der Waals surface area contributed by atoms with Crippen LogP contribution in [0.4, 0.5) is 0 Å². The molecule has 0 fully saturated rings. The first-order valence-corrected chi connectivity index (χ1v) is 42.7. The molecule has 0 aromatic carbocycles. The van der Waals surface area contributed by atoms with Gasteiger partial charge in [0, 0.05) is 25.7 Å². The smallest absolute Gasteiger partial charge is 0.462 e. The second-order valence-corrected chi connectivity index (χ2v) is 32.6. The van der Waals surface area contributed by atoms with E-state index in [0.717, 1.165) is 108 Å². The van der Waals surface area contributed by atoms with Crippen LogP contribution in [0.1, 0.15) is 389 Å². The molecule has 0 aliphatic rings. The predicted octanol–water partition coefficient (Wildman–Crippen LogP) is 22.4. The fraction of sp³-hybridized carbons (Fsp3) is 0.948. The first kappa shape index (κ1) is 94.1. The molecular formula is C77H150O17P2. The van der Waals surface area contributed by atoms with Gasteiger partial charge in [0.05, 0.1) is 26.4 Å². The molecule has 0 spiro atoms. The molecule has 570 valence electrons. The Morgan fingerprint density at radius 3 is 0.646 bits per heavy atom. The Kier molecular flexibility index (Phi) is 65.0. The van der Waals surface area contributed by atoms with Gasteiger partial charge in [-0.3, -0.25) is 37.3 Å². The van der Waals surface area contributed by atoms with Crippen LogP contribution in [-0.4, -0.2) is 96.7 Å². The van der Waals surface area contributed by atoms with E-state index in [4.69, 9.17) is 37.0 Å². The number of hydrogen-bond donors (Lipinski definition) is 3. The van der Waals surface area contributed by atoms with Gasteiger partial charge >= 0.3 is 39.5 Å². The first-order valence-electron chi connectivity index (χ1n) is 39.7. The maximum atomic E-state index is 13.1. The summed E-state index contributed by atoms with van der Waals surface area (Å²) in [5, 5.41) is 10.6. The van der Waals surface area contributed by atoms with Crippen LogP contribution in [0.15, 0.2) is 0 Å². The van der Waals surface area contributed by atoms with Crippen molar-refractivity contribution in [1.82, 2.24) is 0 Å². The minimum atomic E-state index is -4.96. The van der Waals surface area contributed by atoms with E-state index in [1.807, 2.05) is 0 Å². The Morgan fingerprint density at radius 2 is 0.438 bits per heavy atom. The van der Waals surface area contributed by atoms with Gasteiger partial charge in [0.15, 0.2) is 12.2 Å². The minimum absolute atomic E-state index is 0.103. The van der Waals surface area contributed by atoms with Gasteiger partial charge in [-0.1, -0.05) is 338 Å². The van der Waals surface area contributed by atoms with Crippen molar-refractivity contribution in [3.8, 4) is 0 Å². The summed E-state index contributed by atoms with van der Waals surface area (Å²) in [6, 6.07) is 0. The highest BCUT2D eigenvalue weighted by atomic mass is 31.2. The van der Waals surface area contributed by atoms with Crippen LogP contribution in [0.5, 0.6) is 0 Å². The summed E-state index contributed by atoms with van der Waals surface area (Å²) in [6.07, 6.45) is 51.8. The van der Waals surface area contributed by atoms with Crippen molar-refractivity contribution in [2.75, 3.05) is 39.6 Å². The molecule has 0 saturated heterocycles. The van der Waals surface area contributed by atoms with E-state index in [2.05, 4.69) is 55.4 Å². The van der Waals surface area contributed by atoms with Crippen molar-refractivity contribution in [3.05, 3.63) is 0 Å². The molecule has 0 aliphatic heterocycles. The number of hydrogen-bond acceptors (Lipinski definition) is 15. The van der Waals surface area contributed by atoms with Crippen molar-refractivity contribution in [3.63, 3.8) is 0 Å². The van der Waals surface area contributed by atoms with Gasteiger partial charge in [-0.05, 0) is 49.4 Å². The van der Waals surface area contributed by atoms with Crippen LogP contribution in [0.2, 0.25) is 0 Å². The van der Waals surface area contributed by atoms with Crippen molar-refractivity contribution in [1.29, 1.82) is 0 Å². The highest BCUT2D eigenvalue weighted by Crippen LogP contribution is 2.45. The number of aliphatic hydroxyl groups is 1. The Balaban J connectivity index is 5.14. The molecule has 5 atom stereocenters. The monoisotopic (exact) mass is 1410 g/mol. The van der Waals surface area contributed by atoms with Gasteiger partial charge < -0.3 is 33.8 Å². The maximum Gasteiger partial charge on any atom is 0.472 e. The lowest BCUT2D eigenvalue weighted by atomic mass is 10.0. The quantitative estimate of drug-likeness (QED) is 0.0222. The zero-order valence-corrected chi connectivity index (χ0v) is 64.8. The topological polar surface area (TPSA) is 237 Å². The molecule has 0 saturated carbocycles. The van der Waals surface area contributed by atoms with Gasteiger partial charge in [0.1, 0.15) is 19.3 Å². The van der Waals surface area contributed by atoms with Crippen molar-refractivity contribution >= 4 is 39.5 Å². The summed E-state index contributed by atoms with van der Waals surface area (Å²) in [5.41, 5.74) is 0. The summed E-state index contributed by atoms with van der Waals surface area (Å²) in [5.74, 6) is 0.862. The summed E-state index contributed by atoms with van der Waals surface area (Å²) in [6.45, 7) is 14.1. The number of ether oxygens (including phenoxy) is 4.